The normalized spacial score (nSPS) is 26.7. The highest BCUT2D eigenvalue weighted by Crippen LogP contribution is 2.32. The third-order valence-electron chi connectivity index (χ3n) is 4.82. The van der Waals surface area contributed by atoms with Crippen molar-refractivity contribution in [2.75, 3.05) is 13.2 Å². The number of piperidine rings is 1. The second kappa shape index (κ2) is 7.14. The van der Waals surface area contributed by atoms with Gasteiger partial charge in [0.1, 0.15) is 12.4 Å². The molecule has 2 unspecified atom stereocenters. The summed E-state index contributed by atoms with van der Waals surface area (Å²) in [6.45, 7) is 3.12. The summed E-state index contributed by atoms with van der Waals surface area (Å²) in [7, 11) is 0. The molecule has 0 spiro atoms. The van der Waals surface area contributed by atoms with E-state index >= 15 is 0 Å². The Hall–Kier alpha value is -1.55. The first-order valence-corrected chi connectivity index (χ1v) is 8.42. The number of para-hydroxylation sites is 1. The van der Waals surface area contributed by atoms with Gasteiger partial charge in [0.25, 0.3) is 0 Å². The van der Waals surface area contributed by atoms with Gasteiger partial charge in [-0.05, 0) is 50.2 Å². The number of benzene rings is 1. The molecule has 2 saturated heterocycles. The molecule has 0 saturated carbocycles. The van der Waals surface area contributed by atoms with E-state index in [4.69, 9.17) is 4.74 Å². The van der Waals surface area contributed by atoms with E-state index in [1.807, 2.05) is 31.2 Å². The van der Waals surface area contributed by atoms with Crippen LogP contribution in [0.1, 0.15) is 37.7 Å². The predicted molar refractivity (Wildman–Crippen MR) is 87.0 cm³/mol. The quantitative estimate of drug-likeness (QED) is 0.794. The zero-order valence-corrected chi connectivity index (χ0v) is 13.3. The standard InChI is InChI=1S/C18H26N2O2/c1-13-4-2-3-5-17(13)22-9-8-19-18(21)12-14-10-15-6-7-16(11-14)20-15/h2-5,14-16,20H,6-12H2,1H3,(H,19,21). The van der Waals surface area contributed by atoms with Gasteiger partial charge in [0.15, 0.2) is 0 Å². The van der Waals surface area contributed by atoms with Gasteiger partial charge in [-0.1, -0.05) is 18.2 Å². The van der Waals surface area contributed by atoms with Gasteiger partial charge in [0, 0.05) is 18.5 Å². The van der Waals surface area contributed by atoms with Crippen molar-refractivity contribution < 1.29 is 9.53 Å². The lowest BCUT2D eigenvalue weighted by Crippen LogP contribution is -2.40. The van der Waals surface area contributed by atoms with Gasteiger partial charge in [-0.25, -0.2) is 0 Å². The Morgan fingerprint density at radius 3 is 2.73 bits per heavy atom. The Labute approximate surface area is 132 Å². The molecule has 2 atom stereocenters. The van der Waals surface area contributed by atoms with Gasteiger partial charge in [-0.3, -0.25) is 4.79 Å². The molecular formula is C18H26N2O2. The van der Waals surface area contributed by atoms with E-state index in [2.05, 4.69) is 10.6 Å². The summed E-state index contributed by atoms with van der Waals surface area (Å²) < 4.78 is 5.70. The number of nitrogens with one attached hydrogen (secondary N) is 2. The van der Waals surface area contributed by atoms with E-state index in [0.29, 0.717) is 37.6 Å². The maximum absolute atomic E-state index is 12.0. The van der Waals surface area contributed by atoms with Crippen LogP contribution >= 0.6 is 0 Å². The van der Waals surface area contributed by atoms with Gasteiger partial charge in [0.2, 0.25) is 5.91 Å². The van der Waals surface area contributed by atoms with Gasteiger partial charge in [-0.15, -0.1) is 0 Å². The molecule has 2 aliphatic heterocycles. The topological polar surface area (TPSA) is 50.4 Å². The van der Waals surface area contributed by atoms with Crippen LogP contribution in [0.4, 0.5) is 0 Å². The Kier molecular flexibility index (Phi) is 4.98. The monoisotopic (exact) mass is 302 g/mol. The number of ether oxygens (including phenoxy) is 1. The third-order valence-corrected chi connectivity index (χ3v) is 4.82. The van der Waals surface area contributed by atoms with Crippen LogP contribution in [0.2, 0.25) is 0 Å². The highest BCUT2D eigenvalue weighted by molar-refractivity contribution is 5.76. The Bertz CT molecular complexity index is 506. The van der Waals surface area contributed by atoms with E-state index in [0.717, 1.165) is 24.2 Å². The number of hydrogen-bond donors (Lipinski definition) is 2. The van der Waals surface area contributed by atoms with Crippen LogP contribution in [-0.4, -0.2) is 31.1 Å². The van der Waals surface area contributed by atoms with Crippen molar-refractivity contribution >= 4 is 5.91 Å². The van der Waals surface area contributed by atoms with Crippen molar-refractivity contribution in [2.45, 2.75) is 51.1 Å². The molecule has 4 nitrogen and oxygen atoms in total. The molecule has 0 aliphatic carbocycles. The van der Waals surface area contributed by atoms with Crippen molar-refractivity contribution in [3.63, 3.8) is 0 Å². The molecule has 22 heavy (non-hydrogen) atoms. The molecule has 0 aromatic heterocycles. The average molecular weight is 302 g/mol. The first-order valence-electron chi connectivity index (χ1n) is 8.42. The van der Waals surface area contributed by atoms with Gasteiger partial charge in [-0.2, -0.15) is 0 Å². The lowest BCUT2D eigenvalue weighted by Gasteiger charge is -2.28. The largest absolute Gasteiger partial charge is 0.491 e. The number of rotatable bonds is 6. The highest BCUT2D eigenvalue weighted by atomic mass is 16.5. The first kappa shape index (κ1) is 15.3. The molecule has 1 amide bonds. The van der Waals surface area contributed by atoms with Gasteiger partial charge < -0.3 is 15.4 Å². The highest BCUT2D eigenvalue weighted by Gasteiger charge is 2.33. The molecule has 2 heterocycles. The fourth-order valence-corrected chi connectivity index (χ4v) is 3.75. The minimum atomic E-state index is 0.166. The van der Waals surface area contributed by atoms with Crippen LogP contribution < -0.4 is 15.4 Å². The number of aryl methyl sites for hydroxylation is 1. The fourth-order valence-electron chi connectivity index (χ4n) is 3.75. The van der Waals surface area contributed by atoms with E-state index in [9.17, 15) is 4.79 Å². The van der Waals surface area contributed by atoms with Crippen LogP contribution in [0.25, 0.3) is 0 Å². The van der Waals surface area contributed by atoms with Crippen molar-refractivity contribution in [2.24, 2.45) is 5.92 Å². The lowest BCUT2D eigenvalue weighted by atomic mass is 9.89. The summed E-state index contributed by atoms with van der Waals surface area (Å²) in [6, 6.07) is 9.26. The van der Waals surface area contributed by atoms with Crippen molar-refractivity contribution in [3.05, 3.63) is 29.8 Å². The smallest absolute Gasteiger partial charge is 0.220 e. The lowest BCUT2D eigenvalue weighted by molar-refractivity contribution is -0.122. The average Bonchev–Trinajstić information content (AvgIpc) is 2.84. The zero-order chi connectivity index (χ0) is 15.4. The molecule has 2 N–H and O–H groups in total. The van der Waals surface area contributed by atoms with Gasteiger partial charge in [0.05, 0.1) is 6.54 Å². The minimum Gasteiger partial charge on any atom is -0.491 e. The van der Waals surface area contributed by atoms with Crippen LogP contribution in [-0.2, 0) is 4.79 Å². The molecule has 0 radical (unpaired) electrons. The SMILES string of the molecule is Cc1ccccc1OCCNC(=O)CC1CC2CCC(C1)N2. The molecule has 2 aliphatic rings. The number of carbonyl (C=O) groups is 1. The summed E-state index contributed by atoms with van der Waals surface area (Å²) in [5.74, 6) is 1.61. The maximum atomic E-state index is 12.0. The molecule has 1 aromatic rings. The van der Waals surface area contributed by atoms with Crippen molar-refractivity contribution in [1.82, 2.24) is 10.6 Å². The zero-order valence-electron chi connectivity index (χ0n) is 13.3. The fraction of sp³-hybridized carbons (Fsp3) is 0.611. The van der Waals surface area contributed by atoms with E-state index < -0.39 is 0 Å². The molecular weight excluding hydrogens is 276 g/mol. The van der Waals surface area contributed by atoms with E-state index in [-0.39, 0.29) is 5.91 Å². The van der Waals surface area contributed by atoms with Crippen LogP contribution in [0, 0.1) is 12.8 Å². The Morgan fingerprint density at radius 2 is 2.00 bits per heavy atom. The Morgan fingerprint density at radius 1 is 1.27 bits per heavy atom. The minimum absolute atomic E-state index is 0.166. The second-order valence-electron chi connectivity index (χ2n) is 6.64. The molecule has 1 aromatic carbocycles. The molecule has 2 bridgehead atoms. The van der Waals surface area contributed by atoms with E-state index in [1.54, 1.807) is 0 Å². The maximum Gasteiger partial charge on any atom is 0.220 e. The number of amides is 1. The number of fused-ring (bicyclic) bond motifs is 2. The van der Waals surface area contributed by atoms with Crippen LogP contribution in [0.3, 0.4) is 0 Å². The van der Waals surface area contributed by atoms with Crippen LogP contribution in [0.15, 0.2) is 24.3 Å². The molecule has 3 rings (SSSR count). The second-order valence-corrected chi connectivity index (χ2v) is 6.64. The third kappa shape index (κ3) is 4.01. The number of carbonyl (C=O) groups excluding carboxylic acids is 1. The summed E-state index contributed by atoms with van der Waals surface area (Å²) in [5, 5.41) is 6.60. The summed E-state index contributed by atoms with van der Waals surface area (Å²) in [4.78, 5) is 12.0. The first-order chi connectivity index (χ1) is 10.7. The predicted octanol–water partition coefficient (Wildman–Crippen LogP) is 2.41. The Balaban J connectivity index is 1.34. The molecule has 120 valence electrons. The van der Waals surface area contributed by atoms with Crippen molar-refractivity contribution in [1.29, 1.82) is 0 Å². The van der Waals surface area contributed by atoms with E-state index in [1.165, 1.54) is 12.8 Å². The van der Waals surface area contributed by atoms with Crippen molar-refractivity contribution in [3.8, 4) is 5.75 Å². The number of hydrogen-bond acceptors (Lipinski definition) is 3. The molecule has 2 fully saturated rings. The molecule has 4 heteroatoms. The van der Waals surface area contributed by atoms with Crippen LogP contribution in [0.5, 0.6) is 5.75 Å². The summed E-state index contributed by atoms with van der Waals surface area (Å²) >= 11 is 0. The summed E-state index contributed by atoms with van der Waals surface area (Å²) in [6.07, 6.45) is 5.55. The summed E-state index contributed by atoms with van der Waals surface area (Å²) in [5.41, 5.74) is 1.12. The van der Waals surface area contributed by atoms with Gasteiger partial charge >= 0.3 is 0 Å².